The molecule has 198 valence electrons. The lowest BCUT2D eigenvalue weighted by Crippen LogP contribution is -2.23. The number of unbranched alkanes of at least 4 members (excludes halogenated alkanes) is 3. The lowest BCUT2D eigenvalue weighted by molar-refractivity contribution is 0.295. The van der Waals surface area contributed by atoms with Crippen molar-refractivity contribution in [2.75, 3.05) is 38.6 Å². The van der Waals surface area contributed by atoms with Crippen LogP contribution in [0.15, 0.2) is 53.6 Å². The number of aryl methyl sites for hydroxylation is 2. The van der Waals surface area contributed by atoms with Crippen molar-refractivity contribution >= 4 is 26.7 Å². The second-order valence-electron chi connectivity index (χ2n) is 8.85. The van der Waals surface area contributed by atoms with E-state index >= 15 is 0 Å². The van der Waals surface area contributed by atoms with Crippen LogP contribution in [0.4, 0.5) is 5.69 Å². The van der Waals surface area contributed by atoms with Crippen LogP contribution in [-0.2, 0) is 10.1 Å². The van der Waals surface area contributed by atoms with Crippen LogP contribution in [0.3, 0.4) is 0 Å². The Bertz CT molecular complexity index is 1180. The number of benzene rings is 2. The first-order valence-corrected chi connectivity index (χ1v) is 14.1. The number of rotatable bonds is 12. The maximum atomic E-state index is 10.5. The maximum Gasteiger partial charge on any atom is 0.294 e. The largest absolute Gasteiger partial charge is 0.497 e. The molecule has 0 atom stereocenters. The standard InChI is InChI=1S/C21H33N3O.C7H8O3S/c1-5-24(6-2)14-10-8-7-9-12-22-20-16-18(25-4)15-19-17(3)11-13-23-21(19)20;1-6-2-4-7(5-3-6)11(8,9)10/h11,13,15-16,22H,5-10,12,14H2,1-4H3;2-5H,1H3,(H,8,9,10). The van der Waals surface area contributed by atoms with Crippen LogP contribution in [0, 0.1) is 13.8 Å². The Morgan fingerprint density at radius 3 is 2.25 bits per heavy atom. The summed E-state index contributed by atoms with van der Waals surface area (Å²) in [6.07, 6.45) is 6.92. The highest BCUT2D eigenvalue weighted by Gasteiger charge is 2.08. The SMILES string of the molecule is CCN(CC)CCCCCCNc1cc(OC)cc2c(C)ccnc12.Cc1ccc(S(=O)(=O)O)cc1. The average molecular weight is 516 g/mol. The maximum absolute atomic E-state index is 10.5. The molecule has 1 aromatic heterocycles. The van der Waals surface area contributed by atoms with E-state index in [9.17, 15) is 8.42 Å². The van der Waals surface area contributed by atoms with Crippen molar-refractivity contribution in [3.63, 3.8) is 0 Å². The Labute approximate surface area is 216 Å². The van der Waals surface area contributed by atoms with Gasteiger partial charge in [-0.3, -0.25) is 9.54 Å². The van der Waals surface area contributed by atoms with Gasteiger partial charge in [0.25, 0.3) is 10.1 Å². The van der Waals surface area contributed by atoms with E-state index in [2.05, 4.69) is 48.1 Å². The van der Waals surface area contributed by atoms with E-state index in [-0.39, 0.29) is 4.90 Å². The molecule has 0 amide bonds. The van der Waals surface area contributed by atoms with Gasteiger partial charge >= 0.3 is 0 Å². The third kappa shape index (κ3) is 9.41. The summed E-state index contributed by atoms with van der Waals surface area (Å²) in [5, 5.41) is 4.71. The number of ether oxygens (including phenoxy) is 1. The average Bonchev–Trinajstić information content (AvgIpc) is 2.86. The van der Waals surface area contributed by atoms with Crippen LogP contribution in [0.25, 0.3) is 10.9 Å². The van der Waals surface area contributed by atoms with E-state index in [1.807, 2.05) is 19.2 Å². The predicted octanol–water partition coefficient (Wildman–Crippen LogP) is 6.11. The van der Waals surface area contributed by atoms with Crippen molar-refractivity contribution in [3.05, 3.63) is 59.8 Å². The van der Waals surface area contributed by atoms with Crippen LogP contribution >= 0.6 is 0 Å². The number of nitrogens with one attached hydrogen (secondary N) is 1. The first-order valence-electron chi connectivity index (χ1n) is 12.6. The van der Waals surface area contributed by atoms with Gasteiger partial charge in [-0.2, -0.15) is 8.42 Å². The van der Waals surface area contributed by atoms with E-state index in [1.165, 1.54) is 49.9 Å². The number of hydrogen-bond acceptors (Lipinski definition) is 6. The minimum Gasteiger partial charge on any atom is -0.497 e. The van der Waals surface area contributed by atoms with E-state index in [4.69, 9.17) is 9.29 Å². The molecule has 0 saturated carbocycles. The molecular formula is C28H41N3O4S. The van der Waals surface area contributed by atoms with Gasteiger partial charge in [0.15, 0.2) is 0 Å². The van der Waals surface area contributed by atoms with Crippen LogP contribution in [-0.4, -0.2) is 56.1 Å². The minimum atomic E-state index is -4.02. The fraction of sp³-hybridized carbons (Fsp3) is 0.464. The van der Waals surface area contributed by atoms with Crippen molar-refractivity contribution in [2.24, 2.45) is 0 Å². The fourth-order valence-electron chi connectivity index (χ4n) is 3.90. The van der Waals surface area contributed by atoms with Gasteiger partial charge in [-0.25, -0.2) is 0 Å². The molecule has 2 aromatic carbocycles. The lowest BCUT2D eigenvalue weighted by Gasteiger charge is -2.17. The Hall–Kier alpha value is -2.68. The van der Waals surface area contributed by atoms with Crippen molar-refractivity contribution in [2.45, 2.75) is 58.3 Å². The highest BCUT2D eigenvalue weighted by Crippen LogP contribution is 2.29. The Kier molecular flexibility index (Phi) is 12.1. The summed E-state index contributed by atoms with van der Waals surface area (Å²) < 4.78 is 35.0. The number of pyridine rings is 1. The Balaban J connectivity index is 0.000000346. The number of fused-ring (bicyclic) bond motifs is 1. The molecule has 36 heavy (non-hydrogen) atoms. The van der Waals surface area contributed by atoms with Crippen LogP contribution < -0.4 is 10.1 Å². The van der Waals surface area contributed by atoms with E-state index in [1.54, 1.807) is 19.2 Å². The summed E-state index contributed by atoms with van der Waals surface area (Å²) in [7, 11) is -2.30. The summed E-state index contributed by atoms with van der Waals surface area (Å²) in [4.78, 5) is 6.99. The molecule has 0 aliphatic heterocycles. The molecule has 3 rings (SSSR count). The quantitative estimate of drug-likeness (QED) is 0.222. The summed E-state index contributed by atoms with van der Waals surface area (Å²) in [5.41, 5.74) is 4.28. The van der Waals surface area contributed by atoms with Gasteiger partial charge in [0, 0.05) is 24.2 Å². The molecule has 1 heterocycles. The number of anilines is 1. The van der Waals surface area contributed by atoms with Gasteiger partial charge in [-0.15, -0.1) is 0 Å². The number of hydrogen-bond donors (Lipinski definition) is 2. The number of methoxy groups -OCH3 is 1. The Morgan fingerprint density at radius 1 is 0.972 bits per heavy atom. The second-order valence-corrected chi connectivity index (χ2v) is 10.3. The summed E-state index contributed by atoms with van der Waals surface area (Å²) >= 11 is 0. The minimum absolute atomic E-state index is 0.0666. The van der Waals surface area contributed by atoms with Crippen LogP contribution in [0.1, 0.15) is 50.7 Å². The van der Waals surface area contributed by atoms with Crippen molar-refractivity contribution in [1.82, 2.24) is 9.88 Å². The third-order valence-electron chi connectivity index (χ3n) is 6.20. The highest BCUT2D eigenvalue weighted by molar-refractivity contribution is 7.85. The van der Waals surface area contributed by atoms with E-state index in [0.29, 0.717) is 0 Å². The second kappa shape index (κ2) is 14.8. The van der Waals surface area contributed by atoms with Gasteiger partial charge < -0.3 is 15.0 Å². The van der Waals surface area contributed by atoms with Gasteiger partial charge in [0.05, 0.1) is 23.2 Å². The van der Waals surface area contributed by atoms with Crippen LogP contribution in [0.2, 0.25) is 0 Å². The van der Waals surface area contributed by atoms with Gasteiger partial charge in [-0.1, -0.05) is 44.4 Å². The van der Waals surface area contributed by atoms with Gasteiger partial charge in [0.1, 0.15) is 5.75 Å². The first-order chi connectivity index (χ1) is 17.2. The third-order valence-corrected chi connectivity index (χ3v) is 7.07. The molecule has 2 N–H and O–H groups in total. The lowest BCUT2D eigenvalue weighted by atomic mass is 10.1. The van der Waals surface area contributed by atoms with Gasteiger partial charge in [-0.05, 0) is 76.2 Å². The molecule has 0 aliphatic rings. The van der Waals surface area contributed by atoms with E-state index < -0.39 is 10.1 Å². The first kappa shape index (κ1) is 29.5. The van der Waals surface area contributed by atoms with Gasteiger partial charge in [0.2, 0.25) is 0 Å². The van der Waals surface area contributed by atoms with Crippen molar-refractivity contribution in [1.29, 1.82) is 0 Å². The number of aromatic nitrogens is 1. The molecule has 0 fully saturated rings. The normalized spacial score (nSPS) is 11.3. The highest BCUT2D eigenvalue weighted by atomic mass is 32.2. The molecule has 0 bridgehead atoms. The molecule has 7 nitrogen and oxygen atoms in total. The van der Waals surface area contributed by atoms with Crippen molar-refractivity contribution in [3.8, 4) is 5.75 Å². The molecule has 8 heteroatoms. The van der Waals surface area contributed by atoms with Crippen molar-refractivity contribution < 1.29 is 17.7 Å². The fourth-order valence-corrected chi connectivity index (χ4v) is 4.38. The zero-order chi connectivity index (χ0) is 26.6. The molecule has 3 aromatic rings. The molecule has 0 unspecified atom stereocenters. The number of nitrogens with zero attached hydrogens (tertiary/aromatic N) is 2. The summed E-state index contributed by atoms with van der Waals surface area (Å²) in [6.45, 7) is 13.0. The molecule has 0 aliphatic carbocycles. The zero-order valence-electron chi connectivity index (χ0n) is 22.3. The predicted molar refractivity (Wildman–Crippen MR) is 149 cm³/mol. The summed E-state index contributed by atoms with van der Waals surface area (Å²) in [5.74, 6) is 0.880. The Morgan fingerprint density at radius 2 is 1.64 bits per heavy atom. The monoisotopic (exact) mass is 515 g/mol. The zero-order valence-corrected chi connectivity index (χ0v) is 23.1. The molecular weight excluding hydrogens is 474 g/mol. The summed E-state index contributed by atoms with van der Waals surface area (Å²) in [6, 6.07) is 12.1. The van der Waals surface area contributed by atoms with Crippen LogP contribution in [0.5, 0.6) is 5.75 Å². The molecule has 0 spiro atoms. The smallest absolute Gasteiger partial charge is 0.294 e. The topological polar surface area (TPSA) is 91.8 Å². The van der Waals surface area contributed by atoms with E-state index in [0.717, 1.165) is 47.5 Å². The molecule has 0 radical (unpaired) electrons. The molecule has 0 saturated heterocycles.